The predicted octanol–water partition coefficient (Wildman–Crippen LogP) is 11.5. The molecule has 0 spiro atoms. The fourth-order valence-corrected chi connectivity index (χ4v) is 7.56. The molecule has 0 aromatic heterocycles. The molecular weight excluding hydrogens is 679 g/mol. The standard InChI is InChI=1S/C46H87NO7/c1-7-9-11-13-15-17-25-37-52-43(50)45(3,4)31-23-19-21-27-41(54-42(49)39-40-29-33-47(34-30-40)35-36-48)28-22-20-24-32-46(5,6)44(51)53-38-26-18-16-14-12-10-8-2/h40-41,48H,7-39H2,1-6H3. The van der Waals surface area contributed by atoms with Gasteiger partial charge >= 0.3 is 17.9 Å². The normalized spacial score (nSPS) is 14.4. The van der Waals surface area contributed by atoms with Crippen molar-refractivity contribution in [2.75, 3.05) is 39.5 Å². The number of carbonyl (C=O) groups is 3. The molecule has 1 heterocycles. The van der Waals surface area contributed by atoms with Crippen LogP contribution in [-0.4, -0.2) is 73.5 Å². The van der Waals surface area contributed by atoms with Gasteiger partial charge < -0.3 is 24.2 Å². The second-order valence-corrected chi connectivity index (χ2v) is 17.8. The molecule has 0 aromatic carbocycles. The van der Waals surface area contributed by atoms with E-state index in [0.29, 0.717) is 32.1 Å². The van der Waals surface area contributed by atoms with E-state index in [2.05, 4.69) is 18.7 Å². The molecule has 0 atom stereocenters. The Hall–Kier alpha value is -1.67. The molecule has 0 bridgehead atoms. The van der Waals surface area contributed by atoms with Gasteiger partial charge in [-0.15, -0.1) is 0 Å². The Bertz CT molecular complexity index is 889. The number of ether oxygens (including phenoxy) is 3. The van der Waals surface area contributed by atoms with Gasteiger partial charge in [0, 0.05) is 13.0 Å². The van der Waals surface area contributed by atoms with Crippen LogP contribution in [0.25, 0.3) is 0 Å². The summed E-state index contributed by atoms with van der Waals surface area (Å²) in [5.74, 6) is 0.0723. The molecule has 0 aromatic rings. The van der Waals surface area contributed by atoms with Crippen molar-refractivity contribution in [3.8, 4) is 0 Å². The van der Waals surface area contributed by atoms with Crippen LogP contribution in [0.3, 0.4) is 0 Å². The van der Waals surface area contributed by atoms with Gasteiger partial charge in [-0.05, 0) is 111 Å². The van der Waals surface area contributed by atoms with Gasteiger partial charge in [-0.3, -0.25) is 14.4 Å². The number of hydrogen-bond acceptors (Lipinski definition) is 8. The van der Waals surface area contributed by atoms with Crippen molar-refractivity contribution in [1.82, 2.24) is 4.90 Å². The number of nitrogens with zero attached hydrogens (tertiary/aromatic N) is 1. The third-order valence-corrected chi connectivity index (χ3v) is 11.6. The smallest absolute Gasteiger partial charge is 0.311 e. The van der Waals surface area contributed by atoms with Gasteiger partial charge in [0.25, 0.3) is 0 Å². The molecule has 1 N–H and O–H groups in total. The maximum absolute atomic E-state index is 13.1. The van der Waals surface area contributed by atoms with Gasteiger partial charge in [-0.25, -0.2) is 0 Å². The van der Waals surface area contributed by atoms with Gasteiger partial charge in [0.2, 0.25) is 0 Å². The quantitative estimate of drug-likeness (QED) is 0.0386. The van der Waals surface area contributed by atoms with Crippen LogP contribution in [0.1, 0.15) is 215 Å². The van der Waals surface area contributed by atoms with Gasteiger partial charge in [-0.2, -0.15) is 0 Å². The summed E-state index contributed by atoms with van der Waals surface area (Å²) in [6, 6.07) is 0. The molecule has 1 fully saturated rings. The van der Waals surface area contributed by atoms with E-state index < -0.39 is 10.8 Å². The fourth-order valence-electron chi connectivity index (χ4n) is 7.56. The summed E-state index contributed by atoms with van der Waals surface area (Å²) in [5, 5.41) is 9.26. The first kappa shape index (κ1) is 50.3. The summed E-state index contributed by atoms with van der Waals surface area (Å²) in [6.07, 6.45) is 28.2. The lowest BCUT2D eigenvalue weighted by atomic mass is 9.86. The van der Waals surface area contributed by atoms with Crippen molar-refractivity contribution in [2.24, 2.45) is 16.7 Å². The van der Waals surface area contributed by atoms with E-state index in [1.54, 1.807) is 0 Å². The van der Waals surface area contributed by atoms with Gasteiger partial charge in [0.05, 0.1) is 30.7 Å². The SMILES string of the molecule is CCCCCCCCCOC(=O)C(C)(C)CCCCCC(CCCCCC(C)(C)C(=O)OCCCCCCCCC)OC(=O)CC1CCN(CCO)CC1. The van der Waals surface area contributed by atoms with Crippen LogP contribution in [0, 0.1) is 16.7 Å². The first-order chi connectivity index (χ1) is 25.9. The zero-order chi connectivity index (χ0) is 39.9. The average molecular weight is 766 g/mol. The molecule has 8 heteroatoms. The number of aliphatic hydroxyl groups is 1. The minimum Gasteiger partial charge on any atom is -0.465 e. The zero-order valence-electron chi connectivity index (χ0n) is 36.3. The van der Waals surface area contributed by atoms with Gasteiger partial charge in [0.15, 0.2) is 0 Å². The summed E-state index contributed by atoms with van der Waals surface area (Å²) in [5.41, 5.74) is -0.984. The number of β-amino-alcohol motifs (C(OH)–C–C–N with tert-alkyl or cyclic N) is 1. The Morgan fingerprint density at radius 3 is 1.44 bits per heavy atom. The Morgan fingerprint density at radius 2 is 1.02 bits per heavy atom. The van der Waals surface area contributed by atoms with Crippen molar-refractivity contribution >= 4 is 17.9 Å². The number of rotatable bonds is 35. The topological polar surface area (TPSA) is 102 Å². The molecule has 1 rings (SSSR count). The van der Waals surface area contributed by atoms with Crippen LogP contribution in [0.15, 0.2) is 0 Å². The maximum Gasteiger partial charge on any atom is 0.311 e. The molecule has 0 saturated carbocycles. The average Bonchev–Trinajstić information content (AvgIpc) is 3.13. The van der Waals surface area contributed by atoms with Crippen molar-refractivity contribution in [1.29, 1.82) is 0 Å². The molecule has 1 saturated heterocycles. The van der Waals surface area contributed by atoms with Crippen LogP contribution < -0.4 is 0 Å². The van der Waals surface area contributed by atoms with E-state index in [9.17, 15) is 19.5 Å². The van der Waals surface area contributed by atoms with Crippen LogP contribution in [-0.2, 0) is 28.6 Å². The van der Waals surface area contributed by atoms with E-state index in [0.717, 1.165) is 116 Å². The number of piperidine rings is 1. The molecule has 1 aliphatic rings. The molecule has 1 aliphatic heterocycles. The minimum atomic E-state index is -0.492. The highest BCUT2D eigenvalue weighted by Gasteiger charge is 2.30. The lowest BCUT2D eigenvalue weighted by molar-refractivity contribution is -0.155. The summed E-state index contributed by atoms with van der Waals surface area (Å²) in [7, 11) is 0. The molecular formula is C46H87NO7. The van der Waals surface area contributed by atoms with Gasteiger partial charge in [-0.1, -0.05) is 117 Å². The van der Waals surface area contributed by atoms with Crippen LogP contribution in [0.4, 0.5) is 0 Å². The Balaban J connectivity index is 2.47. The molecule has 318 valence electrons. The van der Waals surface area contributed by atoms with Crippen LogP contribution in [0.2, 0.25) is 0 Å². The molecule has 0 amide bonds. The van der Waals surface area contributed by atoms with E-state index in [1.807, 2.05) is 27.7 Å². The number of hydrogen-bond donors (Lipinski definition) is 1. The minimum absolute atomic E-state index is 0.0877. The summed E-state index contributed by atoms with van der Waals surface area (Å²) in [6.45, 7) is 16.2. The summed E-state index contributed by atoms with van der Waals surface area (Å²) >= 11 is 0. The van der Waals surface area contributed by atoms with E-state index in [1.165, 1.54) is 64.2 Å². The third-order valence-electron chi connectivity index (χ3n) is 11.6. The Kier molecular flexibility index (Phi) is 29.3. The molecule has 54 heavy (non-hydrogen) atoms. The number of likely N-dealkylation sites (tertiary alicyclic amines) is 1. The Labute approximate surface area is 333 Å². The van der Waals surface area contributed by atoms with E-state index in [-0.39, 0.29) is 30.6 Å². The highest BCUT2D eigenvalue weighted by molar-refractivity contribution is 5.76. The fraction of sp³-hybridized carbons (Fsp3) is 0.935. The maximum atomic E-state index is 13.1. The monoisotopic (exact) mass is 766 g/mol. The van der Waals surface area contributed by atoms with Crippen LogP contribution >= 0.6 is 0 Å². The number of esters is 3. The Morgan fingerprint density at radius 1 is 0.611 bits per heavy atom. The van der Waals surface area contributed by atoms with Gasteiger partial charge in [0.1, 0.15) is 6.10 Å². The predicted molar refractivity (Wildman–Crippen MR) is 222 cm³/mol. The van der Waals surface area contributed by atoms with E-state index in [4.69, 9.17) is 14.2 Å². The highest BCUT2D eigenvalue weighted by atomic mass is 16.5. The highest BCUT2D eigenvalue weighted by Crippen LogP contribution is 2.29. The first-order valence-electron chi connectivity index (χ1n) is 22.8. The first-order valence-corrected chi connectivity index (χ1v) is 22.8. The second-order valence-electron chi connectivity index (χ2n) is 17.8. The lowest BCUT2D eigenvalue weighted by Gasteiger charge is -2.31. The number of unbranched alkanes of at least 4 members (excludes halogenated alkanes) is 16. The number of carbonyl (C=O) groups excluding carboxylic acids is 3. The second kappa shape index (κ2) is 31.4. The van der Waals surface area contributed by atoms with Crippen molar-refractivity contribution in [3.63, 3.8) is 0 Å². The summed E-state index contributed by atoms with van der Waals surface area (Å²) < 4.78 is 17.5. The number of aliphatic hydroxyl groups excluding tert-OH is 1. The molecule has 0 aliphatic carbocycles. The van der Waals surface area contributed by atoms with Crippen molar-refractivity contribution < 1.29 is 33.7 Å². The zero-order valence-corrected chi connectivity index (χ0v) is 36.3. The summed E-state index contributed by atoms with van der Waals surface area (Å²) in [4.78, 5) is 41.0. The molecule has 0 radical (unpaired) electrons. The van der Waals surface area contributed by atoms with Crippen LogP contribution in [0.5, 0.6) is 0 Å². The van der Waals surface area contributed by atoms with Crippen molar-refractivity contribution in [2.45, 2.75) is 221 Å². The van der Waals surface area contributed by atoms with Crippen molar-refractivity contribution in [3.05, 3.63) is 0 Å². The lowest BCUT2D eigenvalue weighted by Crippen LogP contribution is -2.36. The molecule has 8 nitrogen and oxygen atoms in total. The molecule has 0 unspecified atom stereocenters. The third kappa shape index (κ3) is 25.5. The van der Waals surface area contributed by atoms with E-state index >= 15 is 0 Å². The largest absolute Gasteiger partial charge is 0.465 e.